The first-order valence-electron chi connectivity index (χ1n) is 10.5. The fraction of sp³-hybridized carbons (Fsp3) is 0.280. The summed E-state index contributed by atoms with van der Waals surface area (Å²) in [7, 11) is 0. The normalized spacial score (nSPS) is 13.1. The Morgan fingerprint density at radius 2 is 1.56 bits per heavy atom. The number of aliphatic hydroxyl groups is 2. The van der Waals surface area contributed by atoms with Crippen molar-refractivity contribution in [3.8, 4) is 22.6 Å². The summed E-state index contributed by atoms with van der Waals surface area (Å²) in [6.45, 7) is 3.92. The van der Waals surface area contributed by atoms with Crippen LogP contribution in [0.3, 0.4) is 0 Å². The maximum Gasteiger partial charge on any atom is 1.00 e. The number of nitrogens with zero attached hydrogens (tertiary/aromatic N) is 2. The molecular weight excluding hydrogens is 453 g/mol. The van der Waals surface area contributed by atoms with Gasteiger partial charge in [-0.05, 0) is 60.5 Å². The number of rotatable bonds is 9. The van der Waals surface area contributed by atoms with Crippen molar-refractivity contribution in [1.29, 1.82) is 0 Å². The van der Waals surface area contributed by atoms with E-state index < -0.39 is 30.4 Å². The van der Waals surface area contributed by atoms with Gasteiger partial charge < -0.3 is 24.7 Å². The molecule has 174 valence electrons. The summed E-state index contributed by atoms with van der Waals surface area (Å²) < 4.78 is 28.7. The van der Waals surface area contributed by atoms with Gasteiger partial charge in [0.2, 0.25) is 0 Å². The molecule has 0 amide bonds. The number of hydrogen-bond acceptors (Lipinski definition) is 5. The minimum absolute atomic E-state index is 0. The fourth-order valence-electron chi connectivity index (χ4n) is 3.59. The van der Waals surface area contributed by atoms with E-state index in [1.54, 1.807) is 35.0 Å². The van der Waals surface area contributed by atoms with Gasteiger partial charge in [-0.1, -0.05) is 13.8 Å². The van der Waals surface area contributed by atoms with Gasteiger partial charge in [0, 0.05) is 36.1 Å². The Bertz CT molecular complexity index is 1130. The van der Waals surface area contributed by atoms with Crippen molar-refractivity contribution >= 4 is 12.2 Å². The van der Waals surface area contributed by atoms with E-state index in [2.05, 4.69) is 0 Å². The van der Waals surface area contributed by atoms with Gasteiger partial charge >= 0.3 is 29.6 Å². The second-order valence-corrected chi connectivity index (χ2v) is 8.08. The molecule has 0 spiro atoms. The number of imidazole rings is 1. The Balaban J connectivity index is 0.00000408. The van der Waals surface area contributed by atoms with Crippen molar-refractivity contribution in [1.82, 2.24) is 9.55 Å². The van der Waals surface area contributed by atoms with Crippen molar-refractivity contribution in [2.75, 3.05) is 0 Å². The maximum absolute atomic E-state index is 13.5. The van der Waals surface area contributed by atoms with Crippen molar-refractivity contribution in [2.45, 2.75) is 44.8 Å². The molecule has 0 fully saturated rings. The number of carboxylic acids is 1. The van der Waals surface area contributed by atoms with Gasteiger partial charge in [0.05, 0.1) is 23.6 Å². The number of hydrogen-bond donors (Lipinski definition) is 2. The SMILES string of the molecule is CC(C)c1c(-c2ccc(F)cc2)nc(-c2ccc(F)cc2)n1/C=C/C(O)CC(O)CC(=O)[O-].[Na+]. The third-order valence-corrected chi connectivity index (χ3v) is 5.09. The molecule has 2 aromatic carbocycles. The van der Waals surface area contributed by atoms with E-state index in [1.165, 1.54) is 30.3 Å². The van der Waals surface area contributed by atoms with Gasteiger partial charge in [0.25, 0.3) is 0 Å². The molecule has 2 atom stereocenters. The van der Waals surface area contributed by atoms with E-state index in [0.29, 0.717) is 22.6 Å². The van der Waals surface area contributed by atoms with E-state index in [0.717, 1.165) is 5.69 Å². The van der Waals surface area contributed by atoms with Gasteiger partial charge in [-0.15, -0.1) is 0 Å². The second-order valence-electron chi connectivity index (χ2n) is 8.08. The van der Waals surface area contributed by atoms with Crippen molar-refractivity contribution in [3.05, 3.63) is 71.9 Å². The quantitative estimate of drug-likeness (QED) is 0.433. The molecule has 0 bridgehead atoms. The molecule has 0 aliphatic rings. The standard InChI is InChI=1S/C25H26F2N2O4.Na/c1-15(2)24-23(16-3-7-18(26)8-4-16)28-25(17-5-9-19(27)10-6-17)29(24)12-11-20(30)13-21(31)14-22(32)33;/h3-12,15,20-21,30-31H,13-14H2,1-2H3,(H,32,33);/q;+1/p-1/b12-11+;. The van der Waals surface area contributed by atoms with E-state index in [4.69, 9.17) is 4.98 Å². The molecule has 0 saturated heterocycles. The summed E-state index contributed by atoms with van der Waals surface area (Å²) in [6.07, 6.45) is -0.140. The predicted molar refractivity (Wildman–Crippen MR) is 119 cm³/mol. The van der Waals surface area contributed by atoms with Crippen molar-refractivity contribution in [3.63, 3.8) is 0 Å². The summed E-state index contributed by atoms with van der Waals surface area (Å²) >= 11 is 0. The van der Waals surface area contributed by atoms with E-state index in [1.807, 2.05) is 13.8 Å². The first-order chi connectivity index (χ1) is 15.7. The molecule has 34 heavy (non-hydrogen) atoms. The summed E-state index contributed by atoms with van der Waals surface area (Å²) in [5.41, 5.74) is 2.71. The molecule has 0 radical (unpaired) electrons. The average Bonchev–Trinajstić information content (AvgIpc) is 3.12. The molecule has 3 rings (SSSR count). The fourth-order valence-corrected chi connectivity index (χ4v) is 3.59. The Hall–Kier alpha value is -2.36. The number of benzene rings is 2. The van der Waals surface area contributed by atoms with Crippen LogP contribution in [-0.2, 0) is 4.79 Å². The van der Waals surface area contributed by atoms with Gasteiger partial charge in [0.15, 0.2) is 0 Å². The number of aliphatic hydroxyl groups excluding tert-OH is 2. The van der Waals surface area contributed by atoms with Crippen LogP contribution in [0.1, 0.15) is 38.3 Å². The van der Waals surface area contributed by atoms with Crippen LogP contribution >= 0.6 is 0 Å². The average molecular weight is 478 g/mol. The molecule has 1 aromatic heterocycles. The third kappa shape index (κ3) is 7.07. The smallest absolute Gasteiger partial charge is 0.550 e. The van der Waals surface area contributed by atoms with Crippen LogP contribution in [0, 0.1) is 11.6 Å². The van der Waals surface area contributed by atoms with Gasteiger partial charge in [0.1, 0.15) is 17.5 Å². The Labute approximate surface area is 218 Å². The zero-order valence-corrected chi connectivity index (χ0v) is 21.3. The first kappa shape index (κ1) is 27.9. The Kier molecular flexibility index (Phi) is 10.1. The molecule has 6 nitrogen and oxygen atoms in total. The predicted octanol–water partition coefficient (Wildman–Crippen LogP) is 0.345. The molecule has 9 heteroatoms. The molecule has 2 N–H and O–H groups in total. The van der Waals surface area contributed by atoms with Gasteiger partial charge in [-0.3, -0.25) is 0 Å². The summed E-state index contributed by atoms with van der Waals surface area (Å²) in [6, 6.07) is 11.7. The molecule has 0 aliphatic heterocycles. The van der Waals surface area contributed by atoms with Crippen LogP contribution in [0.4, 0.5) is 8.78 Å². The minimum atomic E-state index is -1.40. The second kappa shape index (κ2) is 12.4. The minimum Gasteiger partial charge on any atom is -0.550 e. The molecule has 2 unspecified atom stereocenters. The summed E-state index contributed by atoms with van der Waals surface area (Å²) in [5, 5.41) is 30.7. The Morgan fingerprint density at radius 3 is 2.06 bits per heavy atom. The van der Waals surface area contributed by atoms with Crippen LogP contribution in [-0.4, -0.2) is 37.9 Å². The molecule has 0 saturated carbocycles. The van der Waals surface area contributed by atoms with Crippen LogP contribution in [0.15, 0.2) is 54.6 Å². The van der Waals surface area contributed by atoms with Crippen LogP contribution < -0.4 is 34.7 Å². The number of carbonyl (C=O) groups is 1. The van der Waals surface area contributed by atoms with Crippen LogP contribution in [0.5, 0.6) is 0 Å². The van der Waals surface area contributed by atoms with E-state index in [9.17, 15) is 28.9 Å². The zero-order valence-electron chi connectivity index (χ0n) is 19.3. The number of aliphatic carboxylic acids is 1. The van der Waals surface area contributed by atoms with Crippen molar-refractivity contribution < 1.29 is 58.5 Å². The van der Waals surface area contributed by atoms with Crippen LogP contribution in [0.25, 0.3) is 28.8 Å². The van der Waals surface area contributed by atoms with Gasteiger partial charge in [-0.25, -0.2) is 13.8 Å². The van der Waals surface area contributed by atoms with Crippen molar-refractivity contribution in [2.24, 2.45) is 0 Å². The number of carbonyl (C=O) groups excluding carboxylic acids is 1. The summed E-state index contributed by atoms with van der Waals surface area (Å²) in [5.74, 6) is -1.72. The molecule has 0 aliphatic carbocycles. The van der Waals surface area contributed by atoms with E-state index in [-0.39, 0.29) is 47.7 Å². The molecular formula is C25H25F2N2NaO4. The monoisotopic (exact) mass is 478 g/mol. The number of halogens is 2. The third-order valence-electron chi connectivity index (χ3n) is 5.09. The first-order valence-corrected chi connectivity index (χ1v) is 10.5. The van der Waals surface area contributed by atoms with E-state index >= 15 is 0 Å². The molecule has 3 aromatic rings. The molecule has 1 heterocycles. The Morgan fingerprint density at radius 1 is 1.03 bits per heavy atom. The zero-order chi connectivity index (χ0) is 24.1. The topological polar surface area (TPSA) is 98.4 Å². The summed E-state index contributed by atoms with van der Waals surface area (Å²) in [4.78, 5) is 15.4. The number of aromatic nitrogens is 2. The number of carboxylic acid groups (broad SMARTS) is 1. The van der Waals surface area contributed by atoms with Crippen LogP contribution in [0.2, 0.25) is 0 Å². The van der Waals surface area contributed by atoms with Gasteiger partial charge in [-0.2, -0.15) is 0 Å². The maximum atomic E-state index is 13.5. The largest absolute Gasteiger partial charge is 1.00 e.